The third-order valence-electron chi connectivity index (χ3n) is 2.50. The van der Waals surface area contributed by atoms with E-state index in [-0.39, 0.29) is 11.9 Å². The maximum absolute atomic E-state index is 12.1. The van der Waals surface area contributed by atoms with Gasteiger partial charge in [-0.1, -0.05) is 15.9 Å². The zero-order valence-electron chi connectivity index (χ0n) is 11.2. The maximum atomic E-state index is 12.1. The van der Waals surface area contributed by atoms with Gasteiger partial charge in [-0.25, -0.2) is 0 Å². The van der Waals surface area contributed by atoms with Crippen LogP contribution in [0.2, 0.25) is 0 Å². The minimum atomic E-state index is -0.196. The number of amides is 1. The van der Waals surface area contributed by atoms with E-state index in [1.165, 1.54) is 0 Å². The van der Waals surface area contributed by atoms with Crippen molar-refractivity contribution in [2.45, 2.75) is 6.04 Å². The number of alkyl halides is 1. The third-order valence-corrected chi connectivity index (χ3v) is 3.28. The van der Waals surface area contributed by atoms with E-state index < -0.39 is 0 Å². The van der Waals surface area contributed by atoms with Crippen LogP contribution in [0.15, 0.2) is 18.2 Å². The Kier molecular flexibility index (Phi) is 6.66. The van der Waals surface area contributed by atoms with Gasteiger partial charge in [-0.2, -0.15) is 0 Å². The lowest BCUT2D eigenvalue weighted by Gasteiger charge is -2.16. The molecule has 1 N–H and O–H groups in total. The number of ether oxygens (including phenoxy) is 3. The third kappa shape index (κ3) is 4.72. The molecule has 1 unspecified atom stereocenters. The summed E-state index contributed by atoms with van der Waals surface area (Å²) in [6, 6.07) is 4.95. The normalized spacial score (nSPS) is 11.8. The molecule has 0 fully saturated rings. The molecule has 0 aromatic heterocycles. The van der Waals surface area contributed by atoms with Gasteiger partial charge in [-0.3, -0.25) is 4.79 Å². The first-order valence-corrected chi connectivity index (χ1v) is 6.85. The molecule has 6 heteroatoms. The number of rotatable bonds is 7. The summed E-state index contributed by atoms with van der Waals surface area (Å²) in [7, 11) is 4.68. The average Bonchev–Trinajstić information content (AvgIpc) is 2.45. The van der Waals surface area contributed by atoms with Crippen molar-refractivity contribution in [1.29, 1.82) is 0 Å². The predicted octanol–water partition coefficient (Wildman–Crippen LogP) is 1.84. The first kappa shape index (κ1) is 15.8. The van der Waals surface area contributed by atoms with Crippen LogP contribution < -0.4 is 14.8 Å². The zero-order chi connectivity index (χ0) is 14.3. The standard InChI is InChI=1S/C13H18BrNO4/c1-17-8-10(7-14)15-13(16)9-4-11(18-2)6-12(5-9)19-3/h4-6,10H,7-8H2,1-3H3,(H,15,16). The summed E-state index contributed by atoms with van der Waals surface area (Å²) >= 11 is 3.33. The summed E-state index contributed by atoms with van der Waals surface area (Å²) in [4.78, 5) is 12.1. The molecule has 1 aromatic carbocycles. The van der Waals surface area contributed by atoms with Crippen molar-refractivity contribution in [3.05, 3.63) is 23.8 Å². The Morgan fingerprint density at radius 1 is 1.21 bits per heavy atom. The molecular weight excluding hydrogens is 314 g/mol. The SMILES string of the molecule is COCC(CBr)NC(=O)c1cc(OC)cc(OC)c1. The van der Waals surface area contributed by atoms with E-state index >= 15 is 0 Å². The minimum Gasteiger partial charge on any atom is -0.497 e. The lowest BCUT2D eigenvalue weighted by molar-refractivity contribution is 0.0907. The highest BCUT2D eigenvalue weighted by Crippen LogP contribution is 2.22. The van der Waals surface area contributed by atoms with E-state index in [0.29, 0.717) is 29.0 Å². The van der Waals surface area contributed by atoms with E-state index in [1.54, 1.807) is 39.5 Å². The highest BCUT2D eigenvalue weighted by Gasteiger charge is 2.14. The van der Waals surface area contributed by atoms with Crippen LogP contribution in [0.25, 0.3) is 0 Å². The Labute approximate surface area is 121 Å². The maximum Gasteiger partial charge on any atom is 0.251 e. The molecule has 1 amide bonds. The molecule has 1 atom stereocenters. The van der Waals surface area contributed by atoms with Crippen molar-refractivity contribution >= 4 is 21.8 Å². The summed E-state index contributed by atoms with van der Waals surface area (Å²) in [5.41, 5.74) is 0.484. The number of carbonyl (C=O) groups is 1. The molecule has 0 bridgehead atoms. The fourth-order valence-electron chi connectivity index (χ4n) is 1.53. The van der Waals surface area contributed by atoms with Gasteiger partial charge in [-0.15, -0.1) is 0 Å². The lowest BCUT2D eigenvalue weighted by atomic mass is 10.1. The van der Waals surface area contributed by atoms with Gasteiger partial charge in [0.05, 0.1) is 26.9 Å². The molecule has 0 heterocycles. The number of benzene rings is 1. The Morgan fingerprint density at radius 2 is 1.79 bits per heavy atom. The lowest BCUT2D eigenvalue weighted by Crippen LogP contribution is -2.39. The molecule has 0 aliphatic rings. The number of carbonyl (C=O) groups excluding carboxylic acids is 1. The van der Waals surface area contributed by atoms with Crippen LogP contribution >= 0.6 is 15.9 Å². The first-order chi connectivity index (χ1) is 9.14. The van der Waals surface area contributed by atoms with Gasteiger partial charge in [-0.05, 0) is 12.1 Å². The van der Waals surface area contributed by atoms with Crippen LogP contribution in [0.3, 0.4) is 0 Å². The Morgan fingerprint density at radius 3 is 2.21 bits per heavy atom. The summed E-state index contributed by atoms with van der Waals surface area (Å²) in [6.45, 7) is 0.443. The largest absolute Gasteiger partial charge is 0.497 e. The molecule has 0 saturated heterocycles. The fourth-order valence-corrected chi connectivity index (χ4v) is 1.88. The predicted molar refractivity (Wildman–Crippen MR) is 76.5 cm³/mol. The van der Waals surface area contributed by atoms with Crippen molar-refractivity contribution in [1.82, 2.24) is 5.32 Å². The van der Waals surface area contributed by atoms with Gasteiger partial charge in [0, 0.05) is 24.1 Å². The summed E-state index contributed by atoms with van der Waals surface area (Å²) in [5, 5.41) is 3.48. The second-order valence-corrected chi connectivity index (χ2v) is 4.53. The smallest absolute Gasteiger partial charge is 0.251 e. The van der Waals surface area contributed by atoms with Crippen LogP contribution in [0.5, 0.6) is 11.5 Å². The molecule has 5 nitrogen and oxygen atoms in total. The van der Waals surface area contributed by atoms with Crippen LogP contribution in [-0.4, -0.2) is 45.2 Å². The first-order valence-electron chi connectivity index (χ1n) is 5.73. The van der Waals surface area contributed by atoms with Crippen molar-refractivity contribution in [2.24, 2.45) is 0 Å². The number of halogens is 1. The van der Waals surface area contributed by atoms with Crippen molar-refractivity contribution < 1.29 is 19.0 Å². The molecule has 0 aliphatic heterocycles. The van der Waals surface area contributed by atoms with Gasteiger partial charge in [0.25, 0.3) is 5.91 Å². The molecule has 1 rings (SSSR count). The quantitative estimate of drug-likeness (QED) is 0.774. The average molecular weight is 332 g/mol. The van der Waals surface area contributed by atoms with Gasteiger partial charge in [0.2, 0.25) is 0 Å². The van der Waals surface area contributed by atoms with Crippen molar-refractivity contribution in [2.75, 3.05) is 33.3 Å². The van der Waals surface area contributed by atoms with Gasteiger partial charge in [0.1, 0.15) is 11.5 Å². The van der Waals surface area contributed by atoms with Crippen molar-refractivity contribution in [3.63, 3.8) is 0 Å². The molecule has 1 aromatic rings. The highest BCUT2D eigenvalue weighted by atomic mass is 79.9. The Bertz CT molecular complexity index is 403. The number of hydrogen-bond acceptors (Lipinski definition) is 4. The molecular formula is C13H18BrNO4. The van der Waals surface area contributed by atoms with E-state index in [2.05, 4.69) is 21.2 Å². The Balaban J connectivity index is 2.86. The van der Waals surface area contributed by atoms with Gasteiger partial charge >= 0.3 is 0 Å². The second kappa shape index (κ2) is 8.01. The van der Waals surface area contributed by atoms with E-state index in [0.717, 1.165) is 0 Å². The summed E-state index contributed by atoms with van der Waals surface area (Å²) < 4.78 is 15.3. The summed E-state index contributed by atoms with van der Waals surface area (Å²) in [6.07, 6.45) is 0. The molecule has 0 radical (unpaired) electrons. The van der Waals surface area contributed by atoms with Gasteiger partial charge < -0.3 is 19.5 Å². The topological polar surface area (TPSA) is 56.8 Å². The second-order valence-electron chi connectivity index (χ2n) is 3.88. The molecule has 106 valence electrons. The van der Waals surface area contributed by atoms with Crippen LogP contribution in [0.4, 0.5) is 0 Å². The van der Waals surface area contributed by atoms with Crippen LogP contribution in [-0.2, 0) is 4.74 Å². The summed E-state index contributed by atoms with van der Waals surface area (Å²) in [5.74, 6) is 0.956. The monoisotopic (exact) mass is 331 g/mol. The van der Waals surface area contributed by atoms with Crippen LogP contribution in [0.1, 0.15) is 10.4 Å². The van der Waals surface area contributed by atoms with E-state index in [4.69, 9.17) is 14.2 Å². The van der Waals surface area contributed by atoms with E-state index in [9.17, 15) is 4.79 Å². The highest BCUT2D eigenvalue weighted by molar-refractivity contribution is 9.09. The molecule has 0 spiro atoms. The zero-order valence-corrected chi connectivity index (χ0v) is 12.8. The van der Waals surface area contributed by atoms with E-state index in [1.807, 2.05) is 0 Å². The minimum absolute atomic E-state index is 0.0882. The number of methoxy groups -OCH3 is 3. The Hall–Kier alpha value is -1.27. The number of hydrogen-bond donors (Lipinski definition) is 1. The molecule has 0 aliphatic carbocycles. The van der Waals surface area contributed by atoms with Crippen molar-refractivity contribution in [3.8, 4) is 11.5 Å². The fraction of sp³-hybridized carbons (Fsp3) is 0.462. The van der Waals surface area contributed by atoms with Gasteiger partial charge in [0.15, 0.2) is 0 Å². The molecule has 19 heavy (non-hydrogen) atoms. The van der Waals surface area contributed by atoms with Crippen LogP contribution in [0, 0.1) is 0 Å². The number of nitrogens with one attached hydrogen (secondary N) is 1. The molecule has 0 saturated carbocycles.